The fourth-order valence-electron chi connectivity index (χ4n) is 2.97. The van der Waals surface area contributed by atoms with Crippen molar-refractivity contribution in [1.29, 1.82) is 0 Å². The van der Waals surface area contributed by atoms with Crippen LogP contribution in [0.5, 0.6) is 0 Å². The number of hydrogen-bond donors (Lipinski definition) is 0. The minimum absolute atomic E-state index is 0.00862. The van der Waals surface area contributed by atoms with Crippen molar-refractivity contribution in [3.63, 3.8) is 0 Å². The molecule has 1 fully saturated rings. The monoisotopic (exact) mass is 291 g/mol. The zero-order valence-electron chi connectivity index (χ0n) is 12.9. The summed E-state index contributed by atoms with van der Waals surface area (Å²) in [6, 6.07) is 5.11. The van der Waals surface area contributed by atoms with Crippen LogP contribution in [0.4, 0.5) is 11.4 Å². The van der Waals surface area contributed by atoms with E-state index in [0.717, 1.165) is 13.1 Å². The van der Waals surface area contributed by atoms with Crippen LogP contribution < -0.4 is 4.90 Å². The first-order valence-corrected chi connectivity index (χ1v) is 7.02. The van der Waals surface area contributed by atoms with Crippen LogP contribution in [0.25, 0.3) is 0 Å². The van der Waals surface area contributed by atoms with E-state index in [4.69, 9.17) is 0 Å². The quantitative estimate of drug-likeness (QED) is 0.483. The van der Waals surface area contributed by atoms with Crippen LogP contribution in [0.1, 0.15) is 24.2 Å². The molecule has 1 aliphatic heterocycles. The molecule has 6 nitrogen and oxygen atoms in total. The van der Waals surface area contributed by atoms with E-state index in [-0.39, 0.29) is 11.5 Å². The standard InChI is InChI=1S/C15H21N3O3/c1-10-8-17(9-15(10)16(3)4)13-6-5-12(11(2)19)7-14(13)18(20)21/h5-7,10,15H,8-9H2,1-4H3. The van der Waals surface area contributed by atoms with Gasteiger partial charge in [-0.1, -0.05) is 6.92 Å². The van der Waals surface area contributed by atoms with Crippen molar-refractivity contribution in [1.82, 2.24) is 4.90 Å². The molecule has 0 bridgehead atoms. The van der Waals surface area contributed by atoms with Gasteiger partial charge in [-0.05, 0) is 39.1 Å². The maximum atomic E-state index is 11.4. The van der Waals surface area contributed by atoms with E-state index >= 15 is 0 Å². The molecular formula is C15H21N3O3. The van der Waals surface area contributed by atoms with Gasteiger partial charge in [0.2, 0.25) is 0 Å². The highest BCUT2D eigenvalue weighted by atomic mass is 16.6. The summed E-state index contributed by atoms with van der Waals surface area (Å²) < 4.78 is 0. The van der Waals surface area contributed by atoms with E-state index in [1.165, 1.54) is 13.0 Å². The first kappa shape index (κ1) is 15.4. The van der Waals surface area contributed by atoms with Crippen molar-refractivity contribution in [2.24, 2.45) is 5.92 Å². The van der Waals surface area contributed by atoms with E-state index in [2.05, 4.69) is 11.8 Å². The Bertz CT molecular complexity index is 571. The second-order valence-corrected chi connectivity index (χ2v) is 5.93. The van der Waals surface area contributed by atoms with Crippen molar-refractivity contribution >= 4 is 17.2 Å². The lowest BCUT2D eigenvalue weighted by atomic mass is 10.1. The molecule has 0 amide bonds. The van der Waals surface area contributed by atoms with Crippen LogP contribution >= 0.6 is 0 Å². The average Bonchev–Trinajstić information content (AvgIpc) is 2.80. The van der Waals surface area contributed by atoms with Gasteiger partial charge in [0.25, 0.3) is 5.69 Å². The third-order valence-corrected chi connectivity index (χ3v) is 4.16. The molecule has 0 aliphatic carbocycles. The van der Waals surface area contributed by atoms with E-state index in [1.807, 2.05) is 19.0 Å². The van der Waals surface area contributed by atoms with Gasteiger partial charge in [-0.15, -0.1) is 0 Å². The average molecular weight is 291 g/mol. The van der Waals surface area contributed by atoms with Gasteiger partial charge in [0.15, 0.2) is 5.78 Å². The van der Waals surface area contributed by atoms with E-state index in [1.54, 1.807) is 12.1 Å². The van der Waals surface area contributed by atoms with Crippen molar-refractivity contribution in [3.8, 4) is 0 Å². The molecule has 0 aromatic heterocycles. The second-order valence-electron chi connectivity index (χ2n) is 5.93. The summed E-state index contributed by atoms with van der Waals surface area (Å²) in [5.74, 6) is 0.276. The highest BCUT2D eigenvalue weighted by molar-refractivity contribution is 5.95. The largest absolute Gasteiger partial charge is 0.364 e. The molecule has 114 valence electrons. The van der Waals surface area contributed by atoms with Crippen LogP contribution in [0.3, 0.4) is 0 Å². The Hall–Kier alpha value is -1.95. The summed E-state index contributed by atoms with van der Waals surface area (Å²) in [4.78, 5) is 26.5. The highest BCUT2D eigenvalue weighted by Gasteiger charge is 2.34. The van der Waals surface area contributed by atoms with Crippen LogP contribution in [-0.4, -0.2) is 48.8 Å². The van der Waals surface area contributed by atoms with E-state index in [0.29, 0.717) is 23.2 Å². The molecular weight excluding hydrogens is 270 g/mol. The molecule has 2 unspecified atom stereocenters. The smallest absolute Gasteiger partial charge is 0.293 e. The van der Waals surface area contributed by atoms with Crippen molar-refractivity contribution < 1.29 is 9.72 Å². The summed E-state index contributed by atoms with van der Waals surface area (Å²) in [7, 11) is 4.05. The van der Waals surface area contributed by atoms with Crippen molar-refractivity contribution in [3.05, 3.63) is 33.9 Å². The third-order valence-electron chi connectivity index (χ3n) is 4.16. The molecule has 1 aromatic rings. The minimum Gasteiger partial charge on any atom is -0.364 e. The summed E-state index contributed by atoms with van der Waals surface area (Å²) >= 11 is 0. The lowest BCUT2D eigenvalue weighted by Gasteiger charge is -2.23. The first-order chi connectivity index (χ1) is 9.81. The topological polar surface area (TPSA) is 66.7 Å². The number of rotatable bonds is 4. The zero-order valence-corrected chi connectivity index (χ0v) is 12.9. The molecule has 1 aliphatic rings. The van der Waals surface area contributed by atoms with Gasteiger partial charge in [-0.2, -0.15) is 0 Å². The van der Waals surface area contributed by atoms with E-state index in [9.17, 15) is 14.9 Å². The van der Waals surface area contributed by atoms with Gasteiger partial charge in [0, 0.05) is 30.8 Å². The van der Waals surface area contributed by atoms with Crippen molar-refractivity contribution in [2.45, 2.75) is 19.9 Å². The van der Waals surface area contributed by atoms with Crippen molar-refractivity contribution in [2.75, 3.05) is 32.1 Å². The highest BCUT2D eigenvalue weighted by Crippen LogP contribution is 2.34. The minimum atomic E-state index is -0.407. The fourth-order valence-corrected chi connectivity index (χ4v) is 2.97. The number of carbonyl (C=O) groups excluding carboxylic acids is 1. The summed E-state index contributed by atoms with van der Waals surface area (Å²) in [5, 5.41) is 11.3. The Morgan fingerprint density at radius 2 is 2.05 bits per heavy atom. The molecule has 1 saturated heterocycles. The SMILES string of the molecule is CC(=O)c1ccc(N2CC(C)C(N(C)C)C2)c([N+](=O)[O-])c1. The third kappa shape index (κ3) is 3.05. The maximum absolute atomic E-state index is 11.4. The first-order valence-electron chi connectivity index (χ1n) is 7.02. The molecule has 1 aromatic carbocycles. The molecule has 0 spiro atoms. The predicted octanol–water partition coefficient (Wildman–Crippen LogP) is 2.18. The molecule has 1 heterocycles. The molecule has 2 atom stereocenters. The van der Waals surface area contributed by atoms with Gasteiger partial charge >= 0.3 is 0 Å². The van der Waals surface area contributed by atoms with Crippen LogP contribution in [0.15, 0.2) is 18.2 Å². The Kier molecular flexibility index (Phi) is 4.27. The Labute approximate surface area is 124 Å². The van der Waals surface area contributed by atoms with Gasteiger partial charge in [-0.25, -0.2) is 0 Å². The molecule has 21 heavy (non-hydrogen) atoms. The number of carbonyl (C=O) groups is 1. The number of benzene rings is 1. The number of nitro benzene ring substituents is 1. The van der Waals surface area contributed by atoms with Crippen LogP contribution in [0, 0.1) is 16.0 Å². The number of ketones is 1. The van der Waals surface area contributed by atoms with Gasteiger partial charge < -0.3 is 9.80 Å². The Morgan fingerprint density at radius 1 is 1.38 bits per heavy atom. The maximum Gasteiger partial charge on any atom is 0.293 e. The number of anilines is 1. The lowest BCUT2D eigenvalue weighted by Crippen LogP contribution is -2.34. The van der Waals surface area contributed by atoms with Gasteiger partial charge in [0.05, 0.1) is 4.92 Å². The molecule has 6 heteroatoms. The fraction of sp³-hybridized carbons (Fsp3) is 0.533. The number of nitrogens with zero attached hydrogens (tertiary/aromatic N) is 3. The van der Waals surface area contributed by atoms with Gasteiger partial charge in [-0.3, -0.25) is 14.9 Å². The van der Waals surface area contributed by atoms with Crippen LogP contribution in [-0.2, 0) is 0 Å². The molecule has 2 rings (SSSR count). The second kappa shape index (κ2) is 5.81. The number of hydrogen-bond acceptors (Lipinski definition) is 5. The Morgan fingerprint density at radius 3 is 2.52 bits per heavy atom. The normalized spacial score (nSPS) is 21.9. The van der Waals surface area contributed by atoms with E-state index < -0.39 is 4.92 Å². The number of nitro groups is 1. The predicted molar refractivity (Wildman–Crippen MR) is 82.0 cm³/mol. The van der Waals surface area contributed by atoms with Crippen LogP contribution in [0.2, 0.25) is 0 Å². The summed E-state index contributed by atoms with van der Waals surface area (Å²) in [6.07, 6.45) is 0. The zero-order chi connectivity index (χ0) is 15.7. The number of Topliss-reactive ketones (excluding diaryl/α,β-unsaturated/α-hetero) is 1. The molecule has 0 radical (unpaired) electrons. The molecule has 0 saturated carbocycles. The Balaban J connectivity index is 2.36. The molecule has 0 N–H and O–H groups in total. The number of likely N-dealkylation sites (N-methyl/N-ethyl adjacent to an activating group) is 1. The summed E-state index contributed by atoms with van der Waals surface area (Å²) in [5.41, 5.74) is 0.984. The summed E-state index contributed by atoms with van der Waals surface area (Å²) in [6.45, 7) is 5.11. The lowest BCUT2D eigenvalue weighted by molar-refractivity contribution is -0.384. The van der Waals surface area contributed by atoms with Gasteiger partial charge in [0.1, 0.15) is 5.69 Å².